The molecule has 1 heterocycles. The third-order valence-electron chi connectivity index (χ3n) is 3.49. The van der Waals surface area contributed by atoms with E-state index in [1.165, 1.54) is 6.07 Å². The van der Waals surface area contributed by atoms with E-state index in [1.54, 1.807) is 12.1 Å². The minimum absolute atomic E-state index is 0.135. The van der Waals surface area contributed by atoms with Crippen LogP contribution in [0.25, 0.3) is 0 Å². The Kier molecular flexibility index (Phi) is 2.93. The number of aromatic hydroxyl groups is 1. The zero-order valence-corrected chi connectivity index (χ0v) is 11.2. The largest absolute Gasteiger partial charge is 0.508 e. The zero-order valence-electron chi connectivity index (χ0n) is 10.5. The van der Waals surface area contributed by atoms with Crippen molar-refractivity contribution in [2.24, 2.45) is 0 Å². The molecule has 5 heteroatoms. The highest BCUT2D eigenvalue weighted by atomic mass is 35.5. The van der Waals surface area contributed by atoms with Crippen molar-refractivity contribution in [1.29, 1.82) is 0 Å². The standard InChI is InChI=1S/C12H16BClO3/c1-11(2)12(3,4)17-13(16-11)9-6-5-8(15)7-10(9)14/h5-7,15H,1-4H3. The average molecular weight is 255 g/mol. The molecule has 0 radical (unpaired) electrons. The lowest BCUT2D eigenvalue weighted by Crippen LogP contribution is -2.41. The second kappa shape index (κ2) is 3.90. The third-order valence-corrected chi connectivity index (χ3v) is 3.82. The van der Waals surface area contributed by atoms with Crippen molar-refractivity contribution in [3.05, 3.63) is 23.2 Å². The Hall–Kier alpha value is -0.705. The van der Waals surface area contributed by atoms with Crippen LogP contribution in [-0.4, -0.2) is 23.4 Å². The predicted octanol–water partition coefficient (Wildman–Crippen LogP) is 2.34. The summed E-state index contributed by atoms with van der Waals surface area (Å²) in [6.45, 7) is 7.95. The molecule has 0 unspecified atom stereocenters. The lowest BCUT2D eigenvalue weighted by Gasteiger charge is -2.32. The maximum atomic E-state index is 9.32. The summed E-state index contributed by atoms with van der Waals surface area (Å²) in [6.07, 6.45) is 0. The molecule has 92 valence electrons. The van der Waals surface area contributed by atoms with Crippen LogP contribution >= 0.6 is 11.6 Å². The van der Waals surface area contributed by atoms with Gasteiger partial charge < -0.3 is 14.4 Å². The summed E-state index contributed by atoms with van der Waals surface area (Å²) in [5.74, 6) is 0.135. The van der Waals surface area contributed by atoms with E-state index in [4.69, 9.17) is 20.9 Å². The summed E-state index contributed by atoms with van der Waals surface area (Å²) < 4.78 is 11.8. The molecule has 17 heavy (non-hydrogen) atoms. The summed E-state index contributed by atoms with van der Waals surface area (Å²) in [5.41, 5.74) is -0.0410. The van der Waals surface area contributed by atoms with Crippen molar-refractivity contribution in [3.8, 4) is 5.75 Å². The summed E-state index contributed by atoms with van der Waals surface area (Å²) in [4.78, 5) is 0. The number of hydrogen-bond acceptors (Lipinski definition) is 3. The van der Waals surface area contributed by atoms with Crippen molar-refractivity contribution in [2.45, 2.75) is 38.9 Å². The van der Waals surface area contributed by atoms with Gasteiger partial charge in [-0.2, -0.15) is 0 Å². The van der Waals surface area contributed by atoms with E-state index >= 15 is 0 Å². The van der Waals surface area contributed by atoms with E-state index in [0.717, 1.165) is 5.46 Å². The van der Waals surface area contributed by atoms with Crippen LogP contribution in [-0.2, 0) is 9.31 Å². The molecule has 0 amide bonds. The molecule has 1 aromatic carbocycles. The van der Waals surface area contributed by atoms with Crippen molar-refractivity contribution in [3.63, 3.8) is 0 Å². The molecule has 1 N–H and O–H groups in total. The van der Waals surface area contributed by atoms with E-state index in [9.17, 15) is 5.11 Å². The number of phenols is 1. The minimum atomic E-state index is -0.493. The van der Waals surface area contributed by atoms with Gasteiger partial charge in [0, 0.05) is 10.5 Å². The lowest BCUT2D eigenvalue weighted by molar-refractivity contribution is 0.00578. The topological polar surface area (TPSA) is 38.7 Å². The Bertz CT molecular complexity index is 429. The number of hydrogen-bond donors (Lipinski definition) is 1. The molecular formula is C12H16BClO3. The van der Waals surface area contributed by atoms with Crippen LogP contribution in [0, 0.1) is 0 Å². The summed E-state index contributed by atoms with van der Waals surface area (Å²) in [5, 5.41) is 9.77. The van der Waals surface area contributed by atoms with Gasteiger partial charge in [0.05, 0.1) is 11.2 Å². The molecule has 0 saturated carbocycles. The van der Waals surface area contributed by atoms with Gasteiger partial charge in [0.25, 0.3) is 0 Å². The third kappa shape index (κ3) is 2.17. The molecule has 0 aromatic heterocycles. The van der Waals surface area contributed by atoms with Crippen LogP contribution in [0.5, 0.6) is 5.75 Å². The summed E-state index contributed by atoms with van der Waals surface area (Å²) >= 11 is 6.08. The molecule has 0 spiro atoms. The van der Waals surface area contributed by atoms with Gasteiger partial charge in [-0.15, -0.1) is 0 Å². The number of phenolic OH excluding ortho intramolecular Hbond substituents is 1. The second-order valence-corrected chi connectivity index (χ2v) is 5.70. The quantitative estimate of drug-likeness (QED) is 0.782. The molecule has 0 aliphatic carbocycles. The Morgan fingerprint density at radius 3 is 2.12 bits per heavy atom. The normalized spacial score (nSPS) is 21.8. The lowest BCUT2D eigenvalue weighted by atomic mass is 9.79. The van der Waals surface area contributed by atoms with Gasteiger partial charge in [0.2, 0.25) is 0 Å². The Morgan fingerprint density at radius 2 is 1.65 bits per heavy atom. The maximum Gasteiger partial charge on any atom is 0.496 e. The summed E-state index contributed by atoms with van der Waals surface area (Å²) in [6, 6.07) is 4.79. The fourth-order valence-electron chi connectivity index (χ4n) is 1.68. The number of benzene rings is 1. The predicted molar refractivity (Wildman–Crippen MR) is 68.8 cm³/mol. The van der Waals surface area contributed by atoms with Crippen LogP contribution in [0.2, 0.25) is 5.02 Å². The van der Waals surface area contributed by atoms with Gasteiger partial charge in [-0.25, -0.2) is 0 Å². The first-order chi connectivity index (χ1) is 7.73. The molecule has 0 atom stereocenters. The average Bonchev–Trinajstić information content (AvgIpc) is 2.35. The smallest absolute Gasteiger partial charge is 0.496 e. The highest BCUT2D eigenvalue weighted by Crippen LogP contribution is 2.37. The molecule has 1 aromatic rings. The Labute approximate surface area is 107 Å². The fourth-order valence-corrected chi connectivity index (χ4v) is 1.94. The second-order valence-electron chi connectivity index (χ2n) is 5.29. The van der Waals surface area contributed by atoms with E-state index in [1.807, 2.05) is 27.7 Å². The van der Waals surface area contributed by atoms with E-state index in [-0.39, 0.29) is 17.0 Å². The molecule has 3 nitrogen and oxygen atoms in total. The van der Waals surface area contributed by atoms with Crippen molar-refractivity contribution >= 4 is 24.2 Å². The van der Waals surface area contributed by atoms with Crippen LogP contribution in [0.4, 0.5) is 0 Å². The SMILES string of the molecule is CC1(C)OB(c2ccc(O)cc2Cl)OC1(C)C. The molecule has 2 rings (SSSR count). The van der Waals surface area contributed by atoms with Gasteiger partial charge in [-0.3, -0.25) is 0 Å². The Balaban J connectivity index is 2.32. The zero-order chi connectivity index (χ0) is 12.8. The van der Waals surface area contributed by atoms with Gasteiger partial charge in [0.15, 0.2) is 0 Å². The molecule has 1 saturated heterocycles. The van der Waals surface area contributed by atoms with Gasteiger partial charge in [-0.1, -0.05) is 17.7 Å². The molecular weight excluding hydrogens is 238 g/mol. The van der Waals surface area contributed by atoms with E-state index in [2.05, 4.69) is 0 Å². The van der Waals surface area contributed by atoms with Crippen LogP contribution < -0.4 is 5.46 Å². The van der Waals surface area contributed by atoms with E-state index in [0.29, 0.717) is 5.02 Å². The van der Waals surface area contributed by atoms with Gasteiger partial charge in [0.1, 0.15) is 5.75 Å². The molecule has 1 aliphatic heterocycles. The van der Waals surface area contributed by atoms with Gasteiger partial charge >= 0.3 is 7.12 Å². The first kappa shape index (κ1) is 12.7. The summed E-state index contributed by atoms with van der Waals surface area (Å²) in [7, 11) is -0.493. The molecule has 1 aliphatic rings. The fraction of sp³-hybridized carbons (Fsp3) is 0.500. The first-order valence-electron chi connectivity index (χ1n) is 5.57. The van der Waals surface area contributed by atoms with E-state index < -0.39 is 7.12 Å². The maximum absolute atomic E-state index is 9.32. The van der Waals surface area contributed by atoms with Gasteiger partial charge in [-0.05, 0) is 39.8 Å². The van der Waals surface area contributed by atoms with Crippen LogP contribution in [0.15, 0.2) is 18.2 Å². The highest BCUT2D eigenvalue weighted by molar-refractivity contribution is 6.65. The van der Waals surface area contributed by atoms with Crippen LogP contribution in [0.3, 0.4) is 0 Å². The van der Waals surface area contributed by atoms with Crippen molar-refractivity contribution in [1.82, 2.24) is 0 Å². The number of rotatable bonds is 1. The van der Waals surface area contributed by atoms with Crippen molar-refractivity contribution < 1.29 is 14.4 Å². The van der Waals surface area contributed by atoms with Crippen molar-refractivity contribution in [2.75, 3.05) is 0 Å². The first-order valence-corrected chi connectivity index (χ1v) is 5.95. The van der Waals surface area contributed by atoms with Crippen LogP contribution in [0.1, 0.15) is 27.7 Å². The Morgan fingerprint density at radius 1 is 1.12 bits per heavy atom. The molecule has 0 bridgehead atoms. The molecule has 1 fully saturated rings. The minimum Gasteiger partial charge on any atom is -0.508 e. The highest BCUT2D eigenvalue weighted by Gasteiger charge is 2.52. The monoisotopic (exact) mass is 254 g/mol. The number of halogens is 1.